The molecule has 2 rings (SSSR count). The number of hydrogen-bond donors (Lipinski definition) is 1. The number of aryl methyl sites for hydroxylation is 1. The fraction of sp³-hybridized carbons (Fsp3) is 0.182. The Hall–Kier alpha value is -1.48. The van der Waals surface area contributed by atoms with E-state index in [2.05, 4.69) is 5.10 Å². The van der Waals surface area contributed by atoms with Crippen molar-refractivity contribution in [3.63, 3.8) is 0 Å². The fourth-order valence-electron chi connectivity index (χ4n) is 1.55. The van der Waals surface area contributed by atoms with Crippen LogP contribution >= 0.6 is 11.6 Å². The van der Waals surface area contributed by atoms with Gasteiger partial charge in [-0.05, 0) is 13.0 Å². The molecule has 1 aromatic carbocycles. The number of halogens is 1. The minimum absolute atomic E-state index is 0.157. The standard InChI is InChI=1S/C11H11ClN2O/c1-2-14-11(10(15)7-13-14)8-5-3-4-6-9(8)12/h3-7,15H,2H2,1H3. The fourth-order valence-corrected chi connectivity index (χ4v) is 1.77. The Labute approximate surface area is 92.9 Å². The van der Waals surface area contributed by atoms with Crippen LogP contribution in [-0.2, 0) is 6.54 Å². The van der Waals surface area contributed by atoms with Crippen LogP contribution in [-0.4, -0.2) is 14.9 Å². The highest BCUT2D eigenvalue weighted by Crippen LogP contribution is 2.33. The molecule has 0 aliphatic heterocycles. The second-order valence-corrected chi connectivity index (χ2v) is 3.58. The highest BCUT2D eigenvalue weighted by Gasteiger charge is 2.13. The largest absolute Gasteiger partial charge is 0.504 e. The van der Waals surface area contributed by atoms with Gasteiger partial charge in [0.05, 0.1) is 11.2 Å². The van der Waals surface area contributed by atoms with Crippen LogP contribution in [0.5, 0.6) is 5.75 Å². The normalized spacial score (nSPS) is 10.5. The quantitative estimate of drug-likeness (QED) is 0.849. The molecule has 4 heteroatoms. The molecule has 1 heterocycles. The molecule has 0 saturated carbocycles. The van der Waals surface area contributed by atoms with Gasteiger partial charge in [-0.1, -0.05) is 29.8 Å². The van der Waals surface area contributed by atoms with E-state index in [9.17, 15) is 5.11 Å². The Bertz CT molecular complexity index is 479. The first-order valence-corrected chi connectivity index (χ1v) is 5.11. The summed E-state index contributed by atoms with van der Waals surface area (Å²) in [5.41, 5.74) is 1.47. The molecule has 78 valence electrons. The molecule has 0 aliphatic carbocycles. The zero-order valence-corrected chi connectivity index (χ0v) is 9.07. The number of hydrogen-bond acceptors (Lipinski definition) is 2. The lowest BCUT2D eigenvalue weighted by Gasteiger charge is -2.06. The van der Waals surface area contributed by atoms with Crippen LogP contribution < -0.4 is 0 Å². The van der Waals surface area contributed by atoms with Crippen molar-refractivity contribution >= 4 is 11.6 Å². The van der Waals surface area contributed by atoms with Crippen molar-refractivity contribution in [2.75, 3.05) is 0 Å². The maximum atomic E-state index is 9.70. The predicted molar refractivity (Wildman–Crippen MR) is 60.0 cm³/mol. The highest BCUT2D eigenvalue weighted by molar-refractivity contribution is 6.33. The maximum absolute atomic E-state index is 9.70. The molecule has 15 heavy (non-hydrogen) atoms. The molecule has 0 saturated heterocycles. The van der Waals surface area contributed by atoms with Gasteiger partial charge in [-0.2, -0.15) is 5.10 Å². The van der Waals surface area contributed by atoms with Crippen molar-refractivity contribution < 1.29 is 5.11 Å². The summed E-state index contributed by atoms with van der Waals surface area (Å²) in [6.07, 6.45) is 1.43. The third kappa shape index (κ3) is 1.70. The van der Waals surface area contributed by atoms with E-state index in [0.29, 0.717) is 17.3 Å². The molecule has 0 amide bonds. The maximum Gasteiger partial charge on any atom is 0.161 e. The Kier molecular flexibility index (Phi) is 2.64. The Morgan fingerprint density at radius 2 is 2.13 bits per heavy atom. The summed E-state index contributed by atoms with van der Waals surface area (Å²) in [6, 6.07) is 7.40. The number of rotatable bonds is 2. The van der Waals surface area contributed by atoms with Gasteiger partial charge in [-0.15, -0.1) is 0 Å². The van der Waals surface area contributed by atoms with Crippen molar-refractivity contribution in [2.45, 2.75) is 13.5 Å². The first-order chi connectivity index (χ1) is 7.24. The van der Waals surface area contributed by atoms with Gasteiger partial charge in [0, 0.05) is 12.1 Å². The lowest BCUT2D eigenvalue weighted by Crippen LogP contribution is -1.98. The molecule has 0 aliphatic rings. The van der Waals surface area contributed by atoms with Gasteiger partial charge in [0.15, 0.2) is 5.75 Å². The molecular formula is C11H11ClN2O. The molecule has 0 bridgehead atoms. The van der Waals surface area contributed by atoms with E-state index < -0.39 is 0 Å². The number of aromatic nitrogens is 2. The van der Waals surface area contributed by atoms with Crippen LogP contribution in [0.4, 0.5) is 0 Å². The SMILES string of the molecule is CCn1ncc(O)c1-c1ccccc1Cl. The number of benzene rings is 1. The summed E-state index contributed by atoms with van der Waals surface area (Å²) >= 11 is 6.06. The zero-order chi connectivity index (χ0) is 10.8. The number of nitrogens with zero attached hydrogens (tertiary/aromatic N) is 2. The molecule has 0 atom stereocenters. The van der Waals surface area contributed by atoms with Gasteiger partial charge in [-0.25, -0.2) is 0 Å². The first kappa shape index (κ1) is 10.1. The summed E-state index contributed by atoms with van der Waals surface area (Å²) in [4.78, 5) is 0. The van der Waals surface area contributed by atoms with Gasteiger partial charge in [0.2, 0.25) is 0 Å². The van der Waals surface area contributed by atoms with Crippen LogP contribution in [0.3, 0.4) is 0 Å². The van der Waals surface area contributed by atoms with E-state index in [1.807, 2.05) is 25.1 Å². The third-order valence-electron chi connectivity index (χ3n) is 2.25. The summed E-state index contributed by atoms with van der Waals surface area (Å²) in [5, 5.41) is 14.4. The van der Waals surface area contributed by atoms with Gasteiger partial charge < -0.3 is 5.11 Å². The molecule has 1 aromatic heterocycles. The summed E-state index contributed by atoms with van der Waals surface area (Å²) in [6.45, 7) is 2.66. The molecule has 3 nitrogen and oxygen atoms in total. The van der Waals surface area contributed by atoms with Gasteiger partial charge in [0.25, 0.3) is 0 Å². The summed E-state index contributed by atoms with van der Waals surface area (Å²) in [5.74, 6) is 0.157. The van der Waals surface area contributed by atoms with Crippen LogP contribution in [0.25, 0.3) is 11.3 Å². The summed E-state index contributed by atoms with van der Waals surface area (Å²) in [7, 11) is 0. The van der Waals surface area contributed by atoms with Crippen LogP contribution in [0.15, 0.2) is 30.5 Å². The highest BCUT2D eigenvalue weighted by atomic mass is 35.5. The van der Waals surface area contributed by atoms with Gasteiger partial charge >= 0.3 is 0 Å². The monoisotopic (exact) mass is 222 g/mol. The van der Waals surface area contributed by atoms with E-state index in [4.69, 9.17) is 11.6 Å². The van der Waals surface area contributed by atoms with E-state index >= 15 is 0 Å². The third-order valence-corrected chi connectivity index (χ3v) is 2.58. The van der Waals surface area contributed by atoms with Crippen molar-refractivity contribution in [2.24, 2.45) is 0 Å². The van der Waals surface area contributed by atoms with E-state index in [1.54, 1.807) is 10.7 Å². The summed E-state index contributed by atoms with van der Waals surface area (Å²) < 4.78 is 1.72. The van der Waals surface area contributed by atoms with E-state index in [0.717, 1.165) is 5.56 Å². The van der Waals surface area contributed by atoms with Crippen molar-refractivity contribution in [3.05, 3.63) is 35.5 Å². The average Bonchev–Trinajstić information content (AvgIpc) is 2.60. The van der Waals surface area contributed by atoms with Crippen LogP contribution in [0.2, 0.25) is 5.02 Å². The second kappa shape index (κ2) is 3.95. The smallest absolute Gasteiger partial charge is 0.161 e. The van der Waals surface area contributed by atoms with Crippen LogP contribution in [0.1, 0.15) is 6.92 Å². The van der Waals surface area contributed by atoms with Gasteiger partial charge in [-0.3, -0.25) is 4.68 Å². The first-order valence-electron chi connectivity index (χ1n) is 4.73. The minimum Gasteiger partial charge on any atom is -0.504 e. The molecule has 2 aromatic rings. The molecule has 0 unspecified atom stereocenters. The Morgan fingerprint density at radius 1 is 1.40 bits per heavy atom. The average molecular weight is 223 g/mol. The lowest BCUT2D eigenvalue weighted by atomic mass is 10.1. The molecule has 0 spiro atoms. The van der Waals surface area contributed by atoms with E-state index in [-0.39, 0.29) is 5.75 Å². The topological polar surface area (TPSA) is 38.0 Å². The molecular weight excluding hydrogens is 212 g/mol. The van der Waals surface area contributed by atoms with Crippen LogP contribution in [0, 0.1) is 0 Å². The van der Waals surface area contributed by atoms with E-state index in [1.165, 1.54) is 6.20 Å². The molecule has 0 fully saturated rings. The zero-order valence-electron chi connectivity index (χ0n) is 8.31. The molecule has 0 radical (unpaired) electrons. The predicted octanol–water partition coefficient (Wildman–Crippen LogP) is 2.93. The minimum atomic E-state index is 0.157. The number of aromatic hydroxyl groups is 1. The molecule has 1 N–H and O–H groups in total. The van der Waals surface area contributed by atoms with Crippen molar-refractivity contribution in [3.8, 4) is 17.0 Å². The lowest BCUT2D eigenvalue weighted by molar-refractivity contribution is 0.476. The Morgan fingerprint density at radius 3 is 2.80 bits per heavy atom. The van der Waals surface area contributed by atoms with Crippen molar-refractivity contribution in [1.82, 2.24) is 9.78 Å². The van der Waals surface area contributed by atoms with Crippen molar-refractivity contribution in [1.29, 1.82) is 0 Å². The van der Waals surface area contributed by atoms with Gasteiger partial charge in [0.1, 0.15) is 5.69 Å². The Balaban J connectivity index is 2.63. The second-order valence-electron chi connectivity index (χ2n) is 3.17.